The van der Waals surface area contributed by atoms with Gasteiger partial charge in [0.1, 0.15) is 11.2 Å². The van der Waals surface area contributed by atoms with Crippen LogP contribution >= 0.6 is 0 Å². The first-order valence-electron chi connectivity index (χ1n) is 7.94. The largest absolute Gasteiger partial charge is 0.305 e. The normalized spacial score (nSPS) is 16.4. The molecule has 1 aliphatic rings. The molecule has 0 spiro atoms. The Bertz CT molecular complexity index is 1020. The molecule has 24 heavy (non-hydrogen) atoms. The highest BCUT2D eigenvalue weighted by atomic mass is 16.2. The van der Waals surface area contributed by atoms with Crippen molar-refractivity contribution < 1.29 is 4.79 Å². The molecule has 0 saturated heterocycles. The highest BCUT2D eigenvalue weighted by Gasteiger charge is 2.32. The van der Waals surface area contributed by atoms with Crippen molar-refractivity contribution in [2.24, 2.45) is 7.05 Å². The zero-order valence-corrected chi connectivity index (χ0v) is 13.6. The molecule has 0 saturated carbocycles. The van der Waals surface area contributed by atoms with Crippen LogP contribution in [0.2, 0.25) is 0 Å². The fourth-order valence-electron chi connectivity index (χ4n) is 3.45. The Morgan fingerprint density at radius 2 is 2.00 bits per heavy atom. The number of para-hydroxylation sites is 1. The van der Waals surface area contributed by atoms with E-state index < -0.39 is 0 Å². The van der Waals surface area contributed by atoms with E-state index >= 15 is 0 Å². The smallest absolute Gasteiger partial charge is 0.264 e. The average Bonchev–Trinajstić information content (AvgIpc) is 2.93. The van der Waals surface area contributed by atoms with Gasteiger partial charge in [-0.2, -0.15) is 0 Å². The first kappa shape index (κ1) is 14.6. The van der Waals surface area contributed by atoms with E-state index in [-0.39, 0.29) is 23.1 Å². The number of amides is 1. The summed E-state index contributed by atoms with van der Waals surface area (Å²) in [4.78, 5) is 31.8. The van der Waals surface area contributed by atoms with Crippen LogP contribution in [0, 0.1) is 0 Å². The van der Waals surface area contributed by atoms with Gasteiger partial charge in [-0.3, -0.25) is 14.2 Å². The molecule has 0 aliphatic carbocycles. The minimum atomic E-state index is -0.317. The highest BCUT2D eigenvalue weighted by Crippen LogP contribution is 2.32. The zero-order chi connectivity index (χ0) is 16.8. The third kappa shape index (κ3) is 2.05. The number of hydrogen-bond acceptors (Lipinski definition) is 3. The molecular weight excluding hydrogens is 302 g/mol. The van der Waals surface area contributed by atoms with Crippen LogP contribution in [-0.2, 0) is 13.5 Å². The second-order valence-electron chi connectivity index (χ2n) is 6.20. The number of fused-ring (bicyclic) bond motifs is 2. The second-order valence-corrected chi connectivity index (χ2v) is 6.20. The molecule has 1 aliphatic heterocycles. The van der Waals surface area contributed by atoms with Crippen molar-refractivity contribution in [2.45, 2.75) is 19.4 Å². The number of aryl methyl sites for hydroxylation is 1. The van der Waals surface area contributed by atoms with Gasteiger partial charge in [0.2, 0.25) is 0 Å². The van der Waals surface area contributed by atoms with Gasteiger partial charge in [0, 0.05) is 30.4 Å². The number of carbonyl (C=O) groups excluding carboxylic acids is 1. The maximum atomic E-state index is 13.1. The molecule has 1 amide bonds. The highest BCUT2D eigenvalue weighted by molar-refractivity contribution is 6.08. The molecule has 0 unspecified atom stereocenters. The number of carbonyl (C=O) groups is 1. The van der Waals surface area contributed by atoms with E-state index in [1.165, 1.54) is 4.57 Å². The van der Waals surface area contributed by atoms with E-state index in [1.807, 2.05) is 37.3 Å². The molecule has 0 fully saturated rings. The predicted molar refractivity (Wildman–Crippen MR) is 93.4 cm³/mol. The minimum absolute atomic E-state index is 0.0317. The van der Waals surface area contributed by atoms with E-state index in [9.17, 15) is 9.59 Å². The Morgan fingerprint density at radius 3 is 2.83 bits per heavy atom. The van der Waals surface area contributed by atoms with Gasteiger partial charge in [-0.15, -0.1) is 0 Å². The minimum Gasteiger partial charge on any atom is -0.305 e. The van der Waals surface area contributed by atoms with E-state index in [1.54, 1.807) is 30.3 Å². The van der Waals surface area contributed by atoms with Crippen molar-refractivity contribution in [3.8, 4) is 0 Å². The predicted octanol–water partition coefficient (Wildman–Crippen LogP) is 2.52. The van der Waals surface area contributed by atoms with Gasteiger partial charge in [0.25, 0.3) is 11.5 Å². The SMILES string of the molecule is C[C@@H]1Cc2ccccc2N1C(=O)c1cc2cccnc2n(C)c1=O. The van der Waals surface area contributed by atoms with Crippen LogP contribution in [0.3, 0.4) is 0 Å². The fraction of sp³-hybridized carbons (Fsp3) is 0.211. The number of nitrogens with zero attached hydrogens (tertiary/aromatic N) is 3. The van der Waals surface area contributed by atoms with Crippen LogP contribution in [0.1, 0.15) is 22.8 Å². The van der Waals surface area contributed by atoms with E-state index in [2.05, 4.69) is 4.98 Å². The number of hydrogen-bond donors (Lipinski definition) is 0. The van der Waals surface area contributed by atoms with Gasteiger partial charge in [-0.1, -0.05) is 18.2 Å². The van der Waals surface area contributed by atoms with Crippen LogP contribution in [0.4, 0.5) is 5.69 Å². The third-order valence-electron chi connectivity index (χ3n) is 4.63. The molecule has 0 radical (unpaired) electrons. The van der Waals surface area contributed by atoms with Gasteiger partial charge in [-0.25, -0.2) is 4.98 Å². The third-order valence-corrected chi connectivity index (χ3v) is 4.63. The number of pyridine rings is 2. The standard InChI is InChI=1S/C19H17N3O2/c1-12-10-13-6-3-4-8-16(13)22(12)19(24)15-11-14-7-5-9-20-17(14)21(2)18(15)23/h3-9,11-12H,10H2,1-2H3/t12-/m1/s1. The van der Waals surface area contributed by atoms with Crippen molar-refractivity contribution in [3.63, 3.8) is 0 Å². The molecule has 120 valence electrons. The van der Waals surface area contributed by atoms with Gasteiger partial charge in [0.05, 0.1) is 0 Å². The zero-order valence-electron chi connectivity index (χ0n) is 13.6. The summed E-state index contributed by atoms with van der Waals surface area (Å²) < 4.78 is 1.44. The summed E-state index contributed by atoms with van der Waals surface area (Å²) in [5.41, 5.74) is 2.47. The number of rotatable bonds is 1. The number of aromatic nitrogens is 2. The van der Waals surface area contributed by atoms with E-state index in [4.69, 9.17) is 0 Å². The van der Waals surface area contributed by atoms with Gasteiger partial charge < -0.3 is 4.90 Å². The summed E-state index contributed by atoms with van der Waals surface area (Å²) in [6.45, 7) is 2.00. The molecule has 5 heteroatoms. The van der Waals surface area contributed by atoms with Crippen LogP contribution in [-0.4, -0.2) is 21.5 Å². The quantitative estimate of drug-likeness (QED) is 0.692. The van der Waals surface area contributed by atoms with E-state index in [0.29, 0.717) is 5.65 Å². The Labute approximate surface area is 139 Å². The van der Waals surface area contributed by atoms with Crippen molar-refractivity contribution in [3.05, 3.63) is 70.1 Å². The number of anilines is 1. The molecule has 3 aromatic rings. The Balaban J connectivity index is 1.88. The molecule has 1 aromatic carbocycles. The second kappa shape index (κ2) is 5.30. The summed E-state index contributed by atoms with van der Waals surface area (Å²) in [7, 11) is 1.65. The molecule has 0 bridgehead atoms. The summed E-state index contributed by atoms with van der Waals surface area (Å²) in [5, 5.41) is 0.781. The maximum Gasteiger partial charge on any atom is 0.264 e. The first-order valence-corrected chi connectivity index (χ1v) is 7.94. The van der Waals surface area contributed by atoms with Crippen molar-refractivity contribution in [1.29, 1.82) is 0 Å². The Morgan fingerprint density at radius 1 is 1.21 bits per heavy atom. The lowest BCUT2D eigenvalue weighted by Gasteiger charge is -2.23. The van der Waals surface area contributed by atoms with Gasteiger partial charge in [0.15, 0.2) is 0 Å². The number of benzene rings is 1. The van der Waals surface area contributed by atoms with E-state index in [0.717, 1.165) is 23.1 Å². The molecule has 5 nitrogen and oxygen atoms in total. The van der Waals surface area contributed by atoms with Crippen molar-refractivity contribution >= 4 is 22.6 Å². The molecule has 4 rings (SSSR count). The first-order chi connectivity index (χ1) is 11.6. The van der Waals surface area contributed by atoms with Crippen LogP contribution < -0.4 is 10.5 Å². The molecule has 3 heterocycles. The van der Waals surface area contributed by atoms with Gasteiger partial charge in [-0.05, 0) is 43.2 Å². The van der Waals surface area contributed by atoms with Crippen LogP contribution in [0.15, 0.2) is 53.5 Å². The maximum absolute atomic E-state index is 13.1. The van der Waals surface area contributed by atoms with Gasteiger partial charge >= 0.3 is 0 Å². The summed E-state index contributed by atoms with van der Waals surface area (Å²) in [6, 6.07) is 13.2. The monoisotopic (exact) mass is 319 g/mol. The average molecular weight is 319 g/mol. The van der Waals surface area contributed by atoms with Crippen LogP contribution in [0.5, 0.6) is 0 Å². The van der Waals surface area contributed by atoms with Crippen molar-refractivity contribution in [2.75, 3.05) is 4.90 Å². The lowest BCUT2D eigenvalue weighted by Crippen LogP contribution is -2.39. The molecule has 2 aromatic heterocycles. The topological polar surface area (TPSA) is 55.2 Å². The molecule has 0 N–H and O–H groups in total. The molecule has 1 atom stereocenters. The summed E-state index contributed by atoms with van der Waals surface area (Å²) in [6.07, 6.45) is 2.44. The lowest BCUT2D eigenvalue weighted by molar-refractivity contribution is 0.0979. The summed E-state index contributed by atoms with van der Waals surface area (Å²) >= 11 is 0. The molecular formula is C19H17N3O2. The Hall–Kier alpha value is -2.95. The fourth-order valence-corrected chi connectivity index (χ4v) is 3.45. The Kier molecular flexibility index (Phi) is 3.23. The lowest BCUT2D eigenvalue weighted by atomic mass is 10.1. The van der Waals surface area contributed by atoms with Crippen molar-refractivity contribution in [1.82, 2.24) is 9.55 Å². The van der Waals surface area contributed by atoms with Crippen LogP contribution in [0.25, 0.3) is 11.0 Å². The summed E-state index contributed by atoms with van der Waals surface area (Å²) in [5.74, 6) is -0.251.